The summed E-state index contributed by atoms with van der Waals surface area (Å²) < 4.78 is 0. The van der Waals surface area contributed by atoms with Crippen LogP contribution in [-0.4, -0.2) is 37.6 Å². The maximum atomic E-state index is 3.51. The first-order valence-electron chi connectivity index (χ1n) is 7.32. The number of nitrogens with zero attached hydrogens (tertiary/aromatic N) is 1. The highest BCUT2D eigenvalue weighted by molar-refractivity contribution is 5.85. The van der Waals surface area contributed by atoms with Crippen molar-refractivity contribution in [3.63, 3.8) is 0 Å². The summed E-state index contributed by atoms with van der Waals surface area (Å²) in [6.07, 6.45) is 4.15. The van der Waals surface area contributed by atoms with Crippen LogP contribution in [0.3, 0.4) is 0 Å². The minimum absolute atomic E-state index is 0. The Morgan fingerprint density at radius 2 is 1.83 bits per heavy atom. The van der Waals surface area contributed by atoms with Crippen LogP contribution in [0.15, 0.2) is 0 Å². The van der Waals surface area contributed by atoms with Gasteiger partial charge in [0.15, 0.2) is 0 Å². The normalized spacial score (nSPS) is 31.3. The first-order chi connectivity index (χ1) is 7.89. The zero-order valence-electron chi connectivity index (χ0n) is 12.6. The van der Waals surface area contributed by atoms with Gasteiger partial charge >= 0.3 is 0 Å². The third-order valence-electron chi connectivity index (χ3n) is 4.87. The van der Waals surface area contributed by atoms with Gasteiger partial charge in [0.05, 0.1) is 0 Å². The van der Waals surface area contributed by atoms with E-state index in [0.717, 1.165) is 5.92 Å². The Morgan fingerprint density at radius 3 is 2.28 bits per heavy atom. The van der Waals surface area contributed by atoms with Gasteiger partial charge in [-0.15, -0.1) is 12.4 Å². The van der Waals surface area contributed by atoms with Crippen LogP contribution in [0.5, 0.6) is 0 Å². The van der Waals surface area contributed by atoms with Gasteiger partial charge in [-0.05, 0) is 55.6 Å². The fourth-order valence-electron chi connectivity index (χ4n) is 3.50. The van der Waals surface area contributed by atoms with Crippen molar-refractivity contribution in [2.24, 2.45) is 16.7 Å². The molecule has 0 saturated carbocycles. The molecule has 1 N–H and O–H groups in total. The molecular formula is C15H31ClN2. The summed E-state index contributed by atoms with van der Waals surface area (Å²) in [5, 5.41) is 3.51. The van der Waals surface area contributed by atoms with E-state index in [4.69, 9.17) is 0 Å². The number of halogens is 1. The molecule has 3 heteroatoms. The molecule has 2 rings (SSSR count). The highest BCUT2D eigenvalue weighted by Crippen LogP contribution is 2.35. The lowest BCUT2D eigenvalue weighted by Crippen LogP contribution is -2.43. The average molecular weight is 275 g/mol. The Balaban J connectivity index is 0.00000162. The lowest BCUT2D eigenvalue weighted by atomic mass is 9.75. The number of likely N-dealkylation sites (tertiary alicyclic amines) is 1. The van der Waals surface area contributed by atoms with E-state index in [2.05, 4.69) is 37.9 Å². The van der Waals surface area contributed by atoms with Crippen molar-refractivity contribution in [1.29, 1.82) is 0 Å². The number of rotatable bonds is 2. The van der Waals surface area contributed by atoms with Crippen LogP contribution in [0.1, 0.15) is 47.0 Å². The van der Waals surface area contributed by atoms with E-state index in [1.165, 1.54) is 52.0 Å². The minimum atomic E-state index is 0. The number of nitrogens with one attached hydrogen (secondary N) is 1. The first kappa shape index (κ1) is 16.3. The second-order valence-electron chi connectivity index (χ2n) is 7.65. The molecule has 0 spiro atoms. The van der Waals surface area contributed by atoms with E-state index in [-0.39, 0.29) is 12.4 Å². The molecule has 0 bridgehead atoms. The molecule has 2 nitrogen and oxygen atoms in total. The third-order valence-corrected chi connectivity index (χ3v) is 4.87. The maximum absolute atomic E-state index is 3.51. The number of hydrogen-bond acceptors (Lipinski definition) is 2. The van der Waals surface area contributed by atoms with E-state index < -0.39 is 0 Å². The molecule has 0 aromatic heterocycles. The van der Waals surface area contributed by atoms with Crippen LogP contribution < -0.4 is 5.32 Å². The smallest absolute Gasteiger partial charge is 0.00480 e. The molecular weight excluding hydrogens is 244 g/mol. The van der Waals surface area contributed by atoms with Crippen LogP contribution in [0.4, 0.5) is 0 Å². The van der Waals surface area contributed by atoms with Crippen LogP contribution in [0, 0.1) is 16.7 Å². The topological polar surface area (TPSA) is 15.3 Å². The Kier molecular flexibility index (Phi) is 5.52. The van der Waals surface area contributed by atoms with Gasteiger partial charge in [-0.3, -0.25) is 0 Å². The Labute approximate surface area is 119 Å². The van der Waals surface area contributed by atoms with Crippen molar-refractivity contribution in [3.05, 3.63) is 0 Å². The molecule has 2 saturated heterocycles. The van der Waals surface area contributed by atoms with Gasteiger partial charge in [-0.1, -0.05) is 27.7 Å². The summed E-state index contributed by atoms with van der Waals surface area (Å²) in [6.45, 7) is 16.0. The van der Waals surface area contributed by atoms with Gasteiger partial charge in [0.25, 0.3) is 0 Å². The fourth-order valence-corrected chi connectivity index (χ4v) is 3.50. The predicted octanol–water partition coefficient (Wildman–Crippen LogP) is 3.17. The standard InChI is InChI=1S/C15H30N2.ClH/c1-14(2,3)13-5-9-17(10-6-13)12-15(4)7-8-16-11-15;/h13,16H,5-12H2,1-4H3;1H. The predicted molar refractivity (Wildman–Crippen MR) is 81.5 cm³/mol. The largest absolute Gasteiger partial charge is 0.316 e. The summed E-state index contributed by atoms with van der Waals surface area (Å²) in [7, 11) is 0. The molecule has 0 aromatic rings. The molecule has 0 amide bonds. The molecule has 2 heterocycles. The highest BCUT2D eigenvalue weighted by Gasteiger charge is 2.34. The molecule has 2 aliphatic heterocycles. The fraction of sp³-hybridized carbons (Fsp3) is 1.00. The third kappa shape index (κ3) is 4.11. The molecule has 2 fully saturated rings. The van der Waals surface area contributed by atoms with Crippen molar-refractivity contribution in [3.8, 4) is 0 Å². The molecule has 1 atom stereocenters. The summed E-state index contributed by atoms with van der Waals surface area (Å²) >= 11 is 0. The van der Waals surface area contributed by atoms with Crippen molar-refractivity contribution in [2.75, 3.05) is 32.7 Å². The van der Waals surface area contributed by atoms with Crippen molar-refractivity contribution < 1.29 is 0 Å². The van der Waals surface area contributed by atoms with Gasteiger partial charge in [-0.2, -0.15) is 0 Å². The van der Waals surface area contributed by atoms with Gasteiger partial charge in [-0.25, -0.2) is 0 Å². The van der Waals surface area contributed by atoms with Gasteiger partial charge in [0.2, 0.25) is 0 Å². The van der Waals surface area contributed by atoms with Crippen LogP contribution >= 0.6 is 12.4 Å². The molecule has 0 aliphatic carbocycles. The minimum Gasteiger partial charge on any atom is -0.316 e. The summed E-state index contributed by atoms with van der Waals surface area (Å²) in [5.41, 5.74) is 1.04. The first-order valence-corrected chi connectivity index (χ1v) is 7.32. The quantitative estimate of drug-likeness (QED) is 0.832. The summed E-state index contributed by atoms with van der Waals surface area (Å²) in [5.74, 6) is 0.924. The van der Waals surface area contributed by atoms with Crippen LogP contribution in [0.25, 0.3) is 0 Å². The van der Waals surface area contributed by atoms with Gasteiger partial charge in [0, 0.05) is 13.1 Å². The molecule has 2 aliphatic rings. The Morgan fingerprint density at radius 1 is 1.22 bits per heavy atom. The highest BCUT2D eigenvalue weighted by atomic mass is 35.5. The van der Waals surface area contributed by atoms with E-state index in [0.29, 0.717) is 10.8 Å². The van der Waals surface area contributed by atoms with Crippen molar-refractivity contribution in [1.82, 2.24) is 10.2 Å². The second-order valence-corrected chi connectivity index (χ2v) is 7.65. The molecule has 0 aromatic carbocycles. The SMILES string of the molecule is CC1(CN2CCC(C(C)(C)C)CC2)CCNC1.Cl. The van der Waals surface area contributed by atoms with E-state index in [1.807, 2.05) is 0 Å². The zero-order valence-corrected chi connectivity index (χ0v) is 13.4. The Bertz CT molecular complexity index is 246. The lowest BCUT2D eigenvalue weighted by molar-refractivity contribution is 0.0847. The summed E-state index contributed by atoms with van der Waals surface area (Å²) in [6, 6.07) is 0. The van der Waals surface area contributed by atoms with Gasteiger partial charge < -0.3 is 10.2 Å². The van der Waals surface area contributed by atoms with Crippen molar-refractivity contribution >= 4 is 12.4 Å². The molecule has 108 valence electrons. The average Bonchev–Trinajstić information content (AvgIpc) is 2.64. The van der Waals surface area contributed by atoms with Gasteiger partial charge in [0.1, 0.15) is 0 Å². The molecule has 1 unspecified atom stereocenters. The Hall–Kier alpha value is 0.210. The van der Waals surface area contributed by atoms with Crippen LogP contribution in [0.2, 0.25) is 0 Å². The zero-order chi connectivity index (χ0) is 12.5. The van der Waals surface area contributed by atoms with Crippen molar-refractivity contribution in [2.45, 2.75) is 47.0 Å². The van der Waals surface area contributed by atoms with Crippen LogP contribution in [-0.2, 0) is 0 Å². The molecule has 18 heavy (non-hydrogen) atoms. The monoisotopic (exact) mass is 274 g/mol. The second kappa shape index (κ2) is 6.11. The lowest BCUT2D eigenvalue weighted by Gasteiger charge is -2.41. The summed E-state index contributed by atoms with van der Waals surface area (Å²) in [4.78, 5) is 2.70. The van der Waals surface area contributed by atoms with E-state index in [1.54, 1.807) is 0 Å². The maximum Gasteiger partial charge on any atom is 0.00480 e. The number of piperidine rings is 1. The van der Waals surface area contributed by atoms with E-state index in [9.17, 15) is 0 Å². The molecule has 0 radical (unpaired) electrons. The number of hydrogen-bond donors (Lipinski definition) is 1. The van der Waals surface area contributed by atoms with E-state index >= 15 is 0 Å².